The summed E-state index contributed by atoms with van der Waals surface area (Å²) in [7, 11) is -0.660. The van der Waals surface area contributed by atoms with E-state index < -0.39 is 10.8 Å². The fourth-order valence-corrected chi connectivity index (χ4v) is 4.28. The third kappa shape index (κ3) is 2.94. The topological polar surface area (TPSA) is 49.4 Å². The SMILES string of the molecule is CC(C)CC1NC(C)N(C2CCS(=O)CC2)C1=O. The van der Waals surface area contributed by atoms with Gasteiger partial charge in [0, 0.05) is 28.3 Å². The van der Waals surface area contributed by atoms with Gasteiger partial charge in [-0.25, -0.2) is 0 Å². The average Bonchev–Trinajstić information content (AvgIpc) is 2.55. The molecule has 0 bridgehead atoms. The van der Waals surface area contributed by atoms with E-state index in [9.17, 15) is 9.00 Å². The summed E-state index contributed by atoms with van der Waals surface area (Å²) in [6.45, 7) is 6.35. The average molecular weight is 272 g/mol. The van der Waals surface area contributed by atoms with Crippen LogP contribution in [-0.2, 0) is 15.6 Å². The predicted molar refractivity (Wildman–Crippen MR) is 73.6 cm³/mol. The van der Waals surface area contributed by atoms with E-state index in [0.717, 1.165) is 30.8 Å². The van der Waals surface area contributed by atoms with Crippen molar-refractivity contribution in [1.82, 2.24) is 10.2 Å². The molecule has 0 aliphatic carbocycles. The first-order valence-electron chi connectivity index (χ1n) is 6.92. The van der Waals surface area contributed by atoms with Gasteiger partial charge in [0.05, 0.1) is 12.2 Å². The van der Waals surface area contributed by atoms with Gasteiger partial charge in [-0.2, -0.15) is 0 Å². The molecule has 0 aromatic carbocycles. The fourth-order valence-electron chi connectivity index (χ4n) is 3.01. The molecule has 2 saturated heterocycles. The molecule has 2 unspecified atom stereocenters. The number of nitrogens with zero attached hydrogens (tertiary/aromatic N) is 1. The van der Waals surface area contributed by atoms with E-state index in [0.29, 0.717) is 5.92 Å². The van der Waals surface area contributed by atoms with Gasteiger partial charge in [0.25, 0.3) is 0 Å². The molecule has 1 N–H and O–H groups in total. The first-order chi connectivity index (χ1) is 8.49. The molecule has 0 saturated carbocycles. The Morgan fingerprint density at radius 3 is 2.56 bits per heavy atom. The second-order valence-electron chi connectivity index (χ2n) is 5.85. The van der Waals surface area contributed by atoms with E-state index in [1.54, 1.807) is 0 Å². The Labute approximate surface area is 112 Å². The van der Waals surface area contributed by atoms with Crippen LogP contribution in [0.2, 0.25) is 0 Å². The maximum Gasteiger partial charge on any atom is 0.241 e. The molecule has 18 heavy (non-hydrogen) atoms. The van der Waals surface area contributed by atoms with Crippen molar-refractivity contribution in [3.63, 3.8) is 0 Å². The minimum atomic E-state index is -0.660. The molecule has 5 heteroatoms. The molecule has 2 aliphatic heterocycles. The van der Waals surface area contributed by atoms with Crippen molar-refractivity contribution in [1.29, 1.82) is 0 Å². The van der Waals surface area contributed by atoms with Gasteiger partial charge in [-0.05, 0) is 32.1 Å². The molecule has 104 valence electrons. The van der Waals surface area contributed by atoms with Crippen LogP contribution in [0.15, 0.2) is 0 Å². The number of carbonyl (C=O) groups is 1. The Morgan fingerprint density at radius 1 is 1.39 bits per heavy atom. The zero-order valence-electron chi connectivity index (χ0n) is 11.5. The van der Waals surface area contributed by atoms with Crippen molar-refractivity contribution in [3.8, 4) is 0 Å². The molecule has 2 fully saturated rings. The summed E-state index contributed by atoms with van der Waals surface area (Å²) >= 11 is 0. The van der Waals surface area contributed by atoms with Crippen molar-refractivity contribution in [2.45, 2.75) is 58.3 Å². The maximum absolute atomic E-state index is 12.4. The Bertz CT molecular complexity index is 336. The van der Waals surface area contributed by atoms with E-state index in [1.165, 1.54) is 0 Å². The molecule has 1 amide bonds. The monoisotopic (exact) mass is 272 g/mol. The van der Waals surface area contributed by atoms with Crippen molar-refractivity contribution in [2.75, 3.05) is 11.5 Å². The normalized spacial score (nSPS) is 37.6. The molecular formula is C13H24N2O2S. The lowest BCUT2D eigenvalue weighted by molar-refractivity contribution is -0.132. The van der Waals surface area contributed by atoms with Crippen LogP contribution in [0.3, 0.4) is 0 Å². The van der Waals surface area contributed by atoms with Gasteiger partial charge in [-0.1, -0.05) is 13.8 Å². The highest BCUT2D eigenvalue weighted by molar-refractivity contribution is 7.85. The van der Waals surface area contributed by atoms with Crippen molar-refractivity contribution < 1.29 is 9.00 Å². The summed E-state index contributed by atoms with van der Waals surface area (Å²) < 4.78 is 11.4. The highest BCUT2D eigenvalue weighted by Crippen LogP contribution is 2.24. The van der Waals surface area contributed by atoms with E-state index in [1.807, 2.05) is 4.90 Å². The Kier molecular flexibility index (Phi) is 4.43. The highest BCUT2D eigenvalue weighted by Gasteiger charge is 2.41. The minimum Gasteiger partial charge on any atom is -0.323 e. The maximum atomic E-state index is 12.4. The highest BCUT2D eigenvalue weighted by atomic mass is 32.2. The van der Waals surface area contributed by atoms with E-state index >= 15 is 0 Å². The minimum absolute atomic E-state index is 0.0209. The molecule has 0 spiro atoms. The van der Waals surface area contributed by atoms with Crippen LogP contribution in [0.1, 0.15) is 40.0 Å². The Hall–Kier alpha value is -0.420. The van der Waals surface area contributed by atoms with Crippen molar-refractivity contribution in [3.05, 3.63) is 0 Å². The van der Waals surface area contributed by atoms with E-state index in [-0.39, 0.29) is 24.2 Å². The fraction of sp³-hybridized carbons (Fsp3) is 0.923. The number of amides is 1. The van der Waals surface area contributed by atoms with E-state index in [4.69, 9.17) is 0 Å². The number of hydrogen-bond acceptors (Lipinski definition) is 3. The van der Waals surface area contributed by atoms with Crippen LogP contribution in [0, 0.1) is 5.92 Å². The Balaban J connectivity index is 2.00. The summed E-state index contributed by atoms with van der Waals surface area (Å²) in [5, 5.41) is 3.39. The van der Waals surface area contributed by atoms with Gasteiger partial charge >= 0.3 is 0 Å². The summed E-state index contributed by atoms with van der Waals surface area (Å²) in [4.78, 5) is 14.4. The molecular weight excluding hydrogens is 248 g/mol. The molecule has 4 nitrogen and oxygen atoms in total. The van der Waals surface area contributed by atoms with Gasteiger partial charge in [0.2, 0.25) is 5.91 Å². The van der Waals surface area contributed by atoms with Crippen LogP contribution in [0.5, 0.6) is 0 Å². The number of carbonyl (C=O) groups excluding carboxylic acids is 1. The summed E-state index contributed by atoms with van der Waals surface area (Å²) in [6, 6.07) is 0.266. The second kappa shape index (κ2) is 5.70. The lowest BCUT2D eigenvalue weighted by Gasteiger charge is -2.33. The second-order valence-corrected chi connectivity index (χ2v) is 7.55. The Morgan fingerprint density at radius 2 is 2.00 bits per heavy atom. The first kappa shape index (κ1) is 14.0. The third-order valence-corrected chi connectivity index (χ3v) is 5.25. The predicted octanol–water partition coefficient (Wildman–Crippen LogP) is 1.09. The van der Waals surface area contributed by atoms with E-state index in [2.05, 4.69) is 26.1 Å². The molecule has 0 aromatic heterocycles. The van der Waals surface area contributed by atoms with Crippen LogP contribution in [-0.4, -0.2) is 44.8 Å². The summed E-state index contributed by atoms with van der Waals surface area (Å²) in [5.41, 5.74) is 0. The first-order valence-corrected chi connectivity index (χ1v) is 8.41. The number of hydrogen-bond donors (Lipinski definition) is 1. The smallest absolute Gasteiger partial charge is 0.241 e. The van der Waals surface area contributed by atoms with Gasteiger partial charge in [-0.15, -0.1) is 0 Å². The van der Waals surface area contributed by atoms with Crippen LogP contribution in [0.25, 0.3) is 0 Å². The lowest BCUT2D eigenvalue weighted by Crippen LogP contribution is -2.46. The molecule has 2 atom stereocenters. The number of rotatable bonds is 3. The summed E-state index contributed by atoms with van der Waals surface area (Å²) in [5.74, 6) is 2.26. The largest absolute Gasteiger partial charge is 0.323 e. The molecule has 2 rings (SSSR count). The molecule has 0 aromatic rings. The van der Waals surface area contributed by atoms with Gasteiger partial charge in [-0.3, -0.25) is 14.3 Å². The zero-order chi connectivity index (χ0) is 13.3. The standard InChI is InChI=1S/C13H24N2O2S/c1-9(2)8-12-13(16)15(10(3)14-12)11-4-6-18(17)7-5-11/h9-12,14H,4-8H2,1-3H3. The van der Waals surface area contributed by atoms with Gasteiger partial charge < -0.3 is 4.90 Å². The number of nitrogens with one attached hydrogen (secondary N) is 1. The quantitative estimate of drug-likeness (QED) is 0.837. The molecule has 2 aliphatic rings. The van der Waals surface area contributed by atoms with Crippen LogP contribution in [0.4, 0.5) is 0 Å². The summed E-state index contributed by atoms with van der Waals surface area (Å²) in [6.07, 6.45) is 2.80. The van der Waals surface area contributed by atoms with Crippen LogP contribution < -0.4 is 5.32 Å². The van der Waals surface area contributed by atoms with Crippen LogP contribution >= 0.6 is 0 Å². The molecule has 2 heterocycles. The third-order valence-electron chi connectivity index (χ3n) is 3.87. The molecule has 0 radical (unpaired) electrons. The lowest BCUT2D eigenvalue weighted by atomic mass is 10.0. The zero-order valence-corrected chi connectivity index (χ0v) is 12.3. The van der Waals surface area contributed by atoms with Crippen molar-refractivity contribution >= 4 is 16.7 Å². The van der Waals surface area contributed by atoms with Gasteiger partial charge in [0.15, 0.2) is 0 Å². The van der Waals surface area contributed by atoms with Crippen molar-refractivity contribution in [2.24, 2.45) is 5.92 Å². The van der Waals surface area contributed by atoms with Gasteiger partial charge in [0.1, 0.15) is 0 Å².